The van der Waals surface area contributed by atoms with Crippen LogP contribution in [0.25, 0.3) is 0 Å². The van der Waals surface area contributed by atoms with E-state index in [2.05, 4.69) is 10.5 Å². The van der Waals surface area contributed by atoms with E-state index < -0.39 is 0 Å². The van der Waals surface area contributed by atoms with Crippen molar-refractivity contribution in [3.63, 3.8) is 0 Å². The van der Waals surface area contributed by atoms with Crippen LogP contribution in [0.5, 0.6) is 5.75 Å². The van der Waals surface area contributed by atoms with Gasteiger partial charge >= 0.3 is 0 Å². The lowest BCUT2D eigenvalue weighted by Gasteiger charge is -1.97. The normalized spacial score (nSPS) is 10.4. The number of aromatic hydroxyl groups is 1. The zero-order valence-electron chi connectivity index (χ0n) is 7.90. The maximum Gasteiger partial charge on any atom is 0.150 e. The van der Waals surface area contributed by atoms with Crippen LogP contribution >= 0.6 is 0 Å². The molecule has 14 heavy (non-hydrogen) atoms. The molecule has 0 saturated carbocycles. The molecule has 1 aromatic carbocycles. The van der Waals surface area contributed by atoms with Gasteiger partial charge in [0.1, 0.15) is 5.75 Å². The predicted octanol–water partition coefficient (Wildman–Crippen LogP) is 0.905. The molecule has 0 heterocycles. The third kappa shape index (κ3) is 3.26. The number of hydrazone groups is 1. The van der Waals surface area contributed by atoms with Crippen LogP contribution in [0.15, 0.2) is 29.4 Å². The molecule has 0 amide bonds. The standard InChI is InChI=1S/C10H12N2O2/c1-8(13)6-11-12-7-9-4-2-3-5-10(9)14/h2-5,7,11,14H,6H2,1H3. The molecule has 4 heteroatoms. The quantitative estimate of drug-likeness (QED) is 0.550. The second-order valence-corrected chi connectivity index (χ2v) is 2.85. The highest BCUT2D eigenvalue weighted by Crippen LogP contribution is 2.12. The fourth-order valence-electron chi connectivity index (χ4n) is 0.869. The summed E-state index contributed by atoms with van der Waals surface area (Å²) in [7, 11) is 0. The molecule has 0 aromatic heterocycles. The van der Waals surface area contributed by atoms with Crippen LogP contribution in [-0.2, 0) is 4.79 Å². The minimum atomic E-state index is 0.0134. The van der Waals surface area contributed by atoms with Gasteiger partial charge in [0.2, 0.25) is 0 Å². The van der Waals surface area contributed by atoms with Crippen LogP contribution in [-0.4, -0.2) is 23.6 Å². The summed E-state index contributed by atoms with van der Waals surface area (Å²) in [5, 5.41) is 13.1. The second-order valence-electron chi connectivity index (χ2n) is 2.85. The lowest BCUT2D eigenvalue weighted by atomic mass is 10.2. The summed E-state index contributed by atoms with van der Waals surface area (Å²) in [4.78, 5) is 10.5. The van der Waals surface area contributed by atoms with Gasteiger partial charge in [0.15, 0.2) is 5.78 Å². The van der Waals surface area contributed by atoms with E-state index >= 15 is 0 Å². The smallest absolute Gasteiger partial charge is 0.150 e. The first-order chi connectivity index (χ1) is 6.70. The lowest BCUT2D eigenvalue weighted by Crippen LogP contribution is -2.14. The molecule has 1 aromatic rings. The van der Waals surface area contributed by atoms with Gasteiger partial charge in [0.25, 0.3) is 0 Å². The first kappa shape index (κ1) is 10.2. The van der Waals surface area contributed by atoms with Crippen LogP contribution in [0.1, 0.15) is 12.5 Å². The van der Waals surface area contributed by atoms with Crippen LogP contribution in [0.4, 0.5) is 0 Å². The Balaban J connectivity index is 2.52. The Morgan fingerprint density at radius 2 is 2.29 bits per heavy atom. The molecule has 0 bridgehead atoms. The molecule has 1 rings (SSSR count). The number of phenolic OH excluding ortho intramolecular Hbond substituents is 1. The Bertz CT molecular complexity index is 348. The molecular weight excluding hydrogens is 180 g/mol. The number of Topliss-reactive ketones (excluding diaryl/α,β-unsaturated/α-hetero) is 1. The zero-order chi connectivity index (χ0) is 10.4. The summed E-state index contributed by atoms with van der Waals surface area (Å²) in [6.45, 7) is 1.67. The molecule has 74 valence electrons. The van der Waals surface area contributed by atoms with E-state index in [0.29, 0.717) is 5.56 Å². The van der Waals surface area contributed by atoms with Gasteiger partial charge in [0.05, 0.1) is 12.8 Å². The van der Waals surface area contributed by atoms with Crippen molar-refractivity contribution >= 4 is 12.0 Å². The number of benzene rings is 1. The average molecular weight is 192 g/mol. The Kier molecular flexibility index (Phi) is 3.67. The number of phenols is 1. The summed E-state index contributed by atoms with van der Waals surface area (Å²) in [6, 6.07) is 6.84. The van der Waals surface area contributed by atoms with Crippen LogP contribution in [0.3, 0.4) is 0 Å². The van der Waals surface area contributed by atoms with Crippen molar-refractivity contribution in [3.05, 3.63) is 29.8 Å². The monoisotopic (exact) mass is 192 g/mol. The fourth-order valence-corrected chi connectivity index (χ4v) is 0.869. The van der Waals surface area contributed by atoms with Gasteiger partial charge in [-0.3, -0.25) is 4.79 Å². The van der Waals surface area contributed by atoms with Gasteiger partial charge in [-0.05, 0) is 19.1 Å². The summed E-state index contributed by atoms with van der Waals surface area (Å²) in [5.41, 5.74) is 3.18. The van der Waals surface area contributed by atoms with Gasteiger partial charge < -0.3 is 10.5 Å². The first-order valence-electron chi connectivity index (χ1n) is 4.23. The molecular formula is C10H12N2O2. The Hall–Kier alpha value is -1.84. The molecule has 0 atom stereocenters. The van der Waals surface area contributed by atoms with Gasteiger partial charge in [-0.2, -0.15) is 5.10 Å². The number of para-hydroxylation sites is 1. The SMILES string of the molecule is CC(=O)CNN=Cc1ccccc1O. The van der Waals surface area contributed by atoms with Crippen molar-refractivity contribution < 1.29 is 9.90 Å². The molecule has 0 aliphatic carbocycles. The van der Waals surface area contributed by atoms with Crippen molar-refractivity contribution in [1.29, 1.82) is 0 Å². The van der Waals surface area contributed by atoms with Crippen molar-refractivity contribution in [3.8, 4) is 5.75 Å². The van der Waals surface area contributed by atoms with E-state index in [1.807, 2.05) is 0 Å². The van der Waals surface area contributed by atoms with E-state index in [0.717, 1.165) is 0 Å². The van der Waals surface area contributed by atoms with Crippen LogP contribution in [0.2, 0.25) is 0 Å². The topological polar surface area (TPSA) is 61.7 Å². The summed E-state index contributed by atoms with van der Waals surface area (Å²) < 4.78 is 0. The first-order valence-corrected chi connectivity index (χ1v) is 4.23. The number of hydrogen-bond donors (Lipinski definition) is 2. The van der Waals surface area contributed by atoms with E-state index in [1.165, 1.54) is 13.1 Å². The Labute approximate surface area is 82.3 Å². The Morgan fingerprint density at radius 3 is 2.93 bits per heavy atom. The van der Waals surface area contributed by atoms with E-state index in [-0.39, 0.29) is 18.1 Å². The van der Waals surface area contributed by atoms with E-state index in [1.54, 1.807) is 24.3 Å². The number of carbonyl (C=O) groups is 1. The highest BCUT2D eigenvalue weighted by molar-refractivity contribution is 5.83. The number of nitrogens with zero attached hydrogens (tertiary/aromatic N) is 1. The van der Waals surface area contributed by atoms with Crippen molar-refractivity contribution in [2.75, 3.05) is 6.54 Å². The predicted molar refractivity (Wildman–Crippen MR) is 54.4 cm³/mol. The van der Waals surface area contributed by atoms with Crippen molar-refractivity contribution in [2.24, 2.45) is 5.10 Å². The van der Waals surface area contributed by atoms with Crippen molar-refractivity contribution in [1.82, 2.24) is 5.43 Å². The molecule has 0 aliphatic rings. The minimum absolute atomic E-state index is 0.0134. The molecule has 0 aliphatic heterocycles. The summed E-state index contributed by atoms with van der Waals surface area (Å²) in [6.07, 6.45) is 1.47. The molecule has 0 spiro atoms. The van der Waals surface area contributed by atoms with Gasteiger partial charge in [-0.1, -0.05) is 12.1 Å². The maximum absolute atomic E-state index is 10.5. The molecule has 2 N–H and O–H groups in total. The zero-order valence-corrected chi connectivity index (χ0v) is 7.90. The summed E-state index contributed by atoms with van der Waals surface area (Å²) in [5.74, 6) is 0.181. The second kappa shape index (κ2) is 5.01. The number of hydrogen-bond acceptors (Lipinski definition) is 4. The molecule has 0 fully saturated rings. The maximum atomic E-state index is 10.5. The van der Waals surface area contributed by atoms with E-state index in [9.17, 15) is 9.90 Å². The van der Waals surface area contributed by atoms with Gasteiger partial charge in [-0.15, -0.1) is 0 Å². The van der Waals surface area contributed by atoms with E-state index in [4.69, 9.17) is 0 Å². The minimum Gasteiger partial charge on any atom is -0.507 e. The third-order valence-corrected chi connectivity index (χ3v) is 1.56. The number of carbonyl (C=O) groups excluding carboxylic acids is 1. The lowest BCUT2D eigenvalue weighted by molar-refractivity contribution is -0.116. The molecule has 4 nitrogen and oxygen atoms in total. The number of ketones is 1. The molecule has 0 saturated heterocycles. The summed E-state index contributed by atoms with van der Waals surface area (Å²) >= 11 is 0. The van der Waals surface area contributed by atoms with Gasteiger partial charge in [0, 0.05) is 5.56 Å². The highest BCUT2D eigenvalue weighted by atomic mass is 16.3. The number of rotatable bonds is 4. The van der Waals surface area contributed by atoms with Gasteiger partial charge in [-0.25, -0.2) is 0 Å². The van der Waals surface area contributed by atoms with Crippen LogP contribution < -0.4 is 5.43 Å². The Morgan fingerprint density at radius 1 is 1.57 bits per heavy atom. The largest absolute Gasteiger partial charge is 0.507 e. The van der Waals surface area contributed by atoms with Crippen molar-refractivity contribution in [2.45, 2.75) is 6.92 Å². The molecule has 0 radical (unpaired) electrons. The third-order valence-electron chi connectivity index (χ3n) is 1.56. The fraction of sp³-hybridized carbons (Fsp3) is 0.200. The highest BCUT2D eigenvalue weighted by Gasteiger charge is 1.94. The average Bonchev–Trinajstić information content (AvgIpc) is 2.15. The number of nitrogens with one attached hydrogen (secondary N) is 1. The van der Waals surface area contributed by atoms with Crippen LogP contribution in [0, 0.1) is 0 Å². The molecule has 0 unspecified atom stereocenters.